The van der Waals surface area contributed by atoms with Crippen LogP contribution in [0.4, 0.5) is 5.82 Å². The number of oxime groups is 1. The molecule has 3 rings (SSSR count). The lowest BCUT2D eigenvalue weighted by atomic mass is 10.2. The molecule has 3 N–H and O–H groups in total. The summed E-state index contributed by atoms with van der Waals surface area (Å²) in [5.41, 5.74) is 6.56. The highest BCUT2D eigenvalue weighted by atomic mass is 16.5. The molecule has 20 heavy (non-hydrogen) atoms. The Morgan fingerprint density at radius 2 is 2.20 bits per heavy atom. The molecule has 0 saturated carbocycles. The summed E-state index contributed by atoms with van der Waals surface area (Å²) < 4.78 is 5.48. The molecule has 0 bridgehead atoms. The number of hydrogen-bond acceptors (Lipinski definition) is 5. The van der Waals surface area contributed by atoms with Gasteiger partial charge in [0.2, 0.25) is 0 Å². The number of benzene rings is 1. The Morgan fingerprint density at radius 1 is 1.35 bits per heavy atom. The van der Waals surface area contributed by atoms with Gasteiger partial charge in [-0.3, -0.25) is 0 Å². The fourth-order valence-corrected chi connectivity index (χ4v) is 2.33. The van der Waals surface area contributed by atoms with E-state index in [1.807, 2.05) is 36.4 Å². The molecule has 2 aromatic rings. The van der Waals surface area contributed by atoms with Gasteiger partial charge in [0.05, 0.1) is 18.7 Å². The van der Waals surface area contributed by atoms with E-state index in [1.165, 1.54) is 0 Å². The van der Waals surface area contributed by atoms with E-state index in [-0.39, 0.29) is 5.84 Å². The molecule has 1 aliphatic rings. The summed E-state index contributed by atoms with van der Waals surface area (Å²) in [5.74, 6) is 0.971. The summed E-state index contributed by atoms with van der Waals surface area (Å²) in [6, 6.07) is 12.0. The van der Waals surface area contributed by atoms with Crippen LogP contribution >= 0.6 is 0 Å². The van der Waals surface area contributed by atoms with Crippen LogP contribution in [-0.2, 0) is 4.74 Å². The first-order valence-electron chi connectivity index (χ1n) is 6.47. The summed E-state index contributed by atoms with van der Waals surface area (Å²) in [4.78, 5) is 6.73. The van der Waals surface area contributed by atoms with E-state index in [0.717, 1.165) is 23.3 Å². The lowest BCUT2D eigenvalue weighted by Gasteiger charge is -2.33. The molecular weight excluding hydrogens is 256 g/mol. The Bertz CT molecular complexity index is 644. The topological polar surface area (TPSA) is 84.0 Å². The van der Waals surface area contributed by atoms with Crippen molar-refractivity contribution in [3.05, 3.63) is 36.4 Å². The third-order valence-electron chi connectivity index (χ3n) is 3.42. The maximum absolute atomic E-state index is 8.73. The molecule has 0 amide bonds. The van der Waals surface area contributed by atoms with Gasteiger partial charge in [-0.1, -0.05) is 23.4 Å². The third-order valence-corrected chi connectivity index (χ3v) is 3.42. The van der Waals surface area contributed by atoms with Gasteiger partial charge >= 0.3 is 0 Å². The molecule has 1 unspecified atom stereocenters. The predicted molar refractivity (Wildman–Crippen MR) is 77.1 cm³/mol. The van der Waals surface area contributed by atoms with E-state index < -0.39 is 6.10 Å². The molecule has 0 spiro atoms. The molecule has 2 heterocycles. The van der Waals surface area contributed by atoms with E-state index in [1.54, 1.807) is 0 Å². The number of fused-ring (bicyclic) bond motifs is 1. The van der Waals surface area contributed by atoms with E-state index in [9.17, 15) is 0 Å². The summed E-state index contributed by atoms with van der Waals surface area (Å²) in [6.07, 6.45) is -0.401. The van der Waals surface area contributed by atoms with Crippen LogP contribution in [0.1, 0.15) is 0 Å². The third kappa shape index (κ3) is 2.37. The Kier molecular flexibility index (Phi) is 3.39. The van der Waals surface area contributed by atoms with Crippen molar-refractivity contribution in [2.75, 3.05) is 24.6 Å². The molecule has 1 aliphatic heterocycles. The molecular formula is C14H16N4O2. The van der Waals surface area contributed by atoms with Crippen LogP contribution in [0.15, 0.2) is 41.6 Å². The Balaban J connectivity index is 1.86. The monoisotopic (exact) mass is 272 g/mol. The maximum Gasteiger partial charge on any atom is 0.170 e. The number of ether oxygens (including phenoxy) is 1. The average molecular weight is 272 g/mol. The fraction of sp³-hybridized carbons (Fsp3) is 0.286. The number of nitrogens with two attached hydrogens (primary N) is 1. The van der Waals surface area contributed by atoms with Crippen LogP contribution in [0.25, 0.3) is 10.9 Å². The molecule has 1 fully saturated rings. The van der Waals surface area contributed by atoms with Crippen molar-refractivity contribution in [1.29, 1.82) is 0 Å². The van der Waals surface area contributed by atoms with Gasteiger partial charge in [-0.2, -0.15) is 0 Å². The second-order valence-electron chi connectivity index (χ2n) is 4.69. The molecule has 1 aromatic heterocycles. The molecule has 1 aromatic carbocycles. The largest absolute Gasteiger partial charge is 0.409 e. The van der Waals surface area contributed by atoms with Gasteiger partial charge in [-0.05, 0) is 18.2 Å². The first-order valence-corrected chi connectivity index (χ1v) is 6.47. The Hall–Kier alpha value is -2.34. The van der Waals surface area contributed by atoms with Crippen LogP contribution in [0.3, 0.4) is 0 Å². The van der Waals surface area contributed by atoms with Gasteiger partial charge in [-0.25, -0.2) is 4.98 Å². The number of hydrogen-bond donors (Lipinski definition) is 2. The van der Waals surface area contributed by atoms with Gasteiger partial charge < -0.3 is 20.6 Å². The molecule has 0 radical (unpaired) electrons. The number of nitrogens with zero attached hydrogens (tertiary/aromatic N) is 3. The van der Waals surface area contributed by atoms with Crippen molar-refractivity contribution in [1.82, 2.24) is 4.98 Å². The van der Waals surface area contributed by atoms with Gasteiger partial charge in [0, 0.05) is 11.9 Å². The zero-order chi connectivity index (χ0) is 13.9. The van der Waals surface area contributed by atoms with Crippen LogP contribution < -0.4 is 10.6 Å². The van der Waals surface area contributed by atoms with Crippen LogP contribution in [0, 0.1) is 0 Å². The van der Waals surface area contributed by atoms with E-state index in [2.05, 4.69) is 15.0 Å². The summed E-state index contributed by atoms with van der Waals surface area (Å²) in [7, 11) is 0. The maximum atomic E-state index is 8.73. The van der Waals surface area contributed by atoms with Gasteiger partial charge in [0.15, 0.2) is 5.84 Å². The normalized spacial score (nSPS) is 20.3. The average Bonchev–Trinajstić information content (AvgIpc) is 2.53. The van der Waals surface area contributed by atoms with E-state index >= 15 is 0 Å². The molecule has 0 aliphatic carbocycles. The minimum atomic E-state index is -0.401. The lowest BCUT2D eigenvalue weighted by Crippen LogP contribution is -2.48. The van der Waals surface area contributed by atoms with Crippen molar-refractivity contribution in [3.63, 3.8) is 0 Å². The first kappa shape index (κ1) is 12.7. The van der Waals surface area contributed by atoms with Crippen molar-refractivity contribution in [2.24, 2.45) is 10.9 Å². The quantitative estimate of drug-likeness (QED) is 0.371. The second kappa shape index (κ2) is 5.34. The molecule has 1 atom stereocenters. The highest BCUT2D eigenvalue weighted by molar-refractivity contribution is 5.85. The summed E-state index contributed by atoms with van der Waals surface area (Å²) in [5, 5.41) is 12.9. The SMILES string of the molecule is NC(=NO)C1CN(c2ccc3ccccc3n2)CCO1. The van der Waals surface area contributed by atoms with Crippen molar-refractivity contribution < 1.29 is 9.94 Å². The number of rotatable bonds is 2. The van der Waals surface area contributed by atoms with Crippen LogP contribution in [-0.4, -0.2) is 41.8 Å². The fourth-order valence-electron chi connectivity index (χ4n) is 2.33. The highest BCUT2D eigenvalue weighted by Crippen LogP contribution is 2.20. The van der Waals surface area contributed by atoms with Gasteiger partial charge in [-0.15, -0.1) is 0 Å². The smallest absolute Gasteiger partial charge is 0.170 e. The van der Waals surface area contributed by atoms with Crippen molar-refractivity contribution >= 4 is 22.6 Å². The van der Waals surface area contributed by atoms with Gasteiger partial charge in [0.1, 0.15) is 11.9 Å². The number of pyridine rings is 1. The number of aromatic nitrogens is 1. The summed E-state index contributed by atoms with van der Waals surface area (Å²) >= 11 is 0. The zero-order valence-corrected chi connectivity index (χ0v) is 10.9. The zero-order valence-electron chi connectivity index (χ0n) is 10.9. The van der Waals surface area contributed by atoms with Crippen molar-refractivity contribution in [2.45, 2.75) is 6.10 Å². The molecule has 6 nitrogen and oxygen atoms in total. The lowest BCUT2D eigenvalue weighted by molar-refractivity contribution is 0.0804. The summed E-state index contributed by atoms with van der Waals surface area (Å²) in [6.45, 7) is 1.79. The number of amidine groups is 1. The van der Waals surface area contributed by atoms with E-state index in [4.69, 9.17) is 15.7 Å². The van der Waals surface area contributed by atoms with Crippen LogP contribution in [0.5, 0.6) is 0 Å². The van der Waals surface area contributed by atoms with Crippen LogP contribution in [0.2, 0.25) is 0 Å². The minimum absolute atomic E-state index is 0.0930. The number of para-hydroxylation sites is 1. The molecule has 104 valence electrons. The minimum Gasteiger partial charge on any atom is -0.409 e. The number of morpholine rings is 1. The molecule has 1 saturated heterocycles. The Labute approximate surface area is 116 Å². The number of anilines is 1. The Morgan fingerprint density at radius 3 is 3.05 bits per heavy atom. The highest BCUT2D eigenvalue weighted by Gasteiger charge is 2.24. The van der Waals surface area contributed by atoms with Crippen molar-refractivity contribution in [3.8, 4) is 0 Å². The first-order chi connectivity index (χ1) is 9.78. The molecule has 6 heteroatoms. The second-order valence-corrected chi connectivity index (χ2v) is 4.69. The predicted octanol–water partition coefficient (Wildman–Crippen LogP) is 1.19. The standard InChI is InChI=1S/C14H16N4O2/c15-14(17-19)12-9-18(7-8-20-12)13-6-5-10-3-1-2-4-11(10)16-13/h1-6,12,19H,7-9H2,(H2,15,17). The van der Waals surface area contributed by atoms with E-state index in [0.29, 0.717) is 13.2 Å². The van der Waals surface area contributed by atoms with Gasteiger partial charge in [0.25, 0.3) is 0 Å².